The lowest BCUT2D eigenvalue weighted by atomic mass is 9.98. The van der Waals surface area contributed by atoms with Crippen molar-refractivity contribution >= 4 is 48.3 Å². The van der Waals surface area contributed by atoms with Crippen molar-refractivity contribution in [2.75, 3.05) is 18.9 Å². The lowest BCUT2D eigenvalue weighted by Gasteiger charge is -2.31. The summed E-state index contributed by atoms with van der Waals surface area (Å²) in [5.74, 6) is 1.32. The van der Waals surface area contributed by atoms with E-state index in [2.05, 4.69) is 26.0 Å². The molecule has 1 aliphatic heterocycles. The van der Waals surface area contributed by atoms with Gasteiger partial charge in [-0.2, -0.15) is 15.1 Å². The molecular formula is C31H40ClN6O8P. The number of hydrogen-bond acceptors (Lipinski definition) is 12. The van der Waals surface area contributed by atoms with E-state index in [4.69, 9.17) is 47.0 Å². The van der Waals surface area contributed by atoms with E-state index in [9.17, 15) is 14.2 Å². The van der Waals surface area contributed by atoms with E-state index in [0.29, 0.717) is 0 Å². The summed E-state index contributed by atoms with van der Waals surface area (Å²) >= 11 is 6.06. The van der Waals surface area contributed by atoms with E-state index < -0.39 is 56.2 Å². The molecule has 0 aliphatic carbocycles. The topological polar surface area (TPSA) is 179 Å². The maximum absolute atomic E-state index is 14.3. The highest BCUT2D eigenvalue weighted by atomic mass is 35.5. The number of carbonyl (C=O) groups is 2. The minimum Gasteiger partial charge on any atom is -0.464 e. The summed E-state index contributed by atoms with van der Waals surface area (Å²) in [6.45, 7) is 8.48. The molecule has 0 unspecified atom stereocenters. The molecule has 47 heavy (non-hydrogen) atoms. The normalized spacial score (nSPS) is 21.3. The van der Waals surface area contributed by atoms with Gasteiger partial charge in [-0.3, -0.25) is 18.7 Å². The van der Waals surface area contributed by atoms with Gasteiger partial charge in [0.25, 0.3) is 0 Å². The van der Waals surface area contributed by atoms with Crippen molar-refractivity contribution in [3.05, 3.63) is 41.9 Å². The van der Waals surface area contributed by atoms with Crippen LogP contribution in [0, 0.1) is 24.2 Å². The van der Waals surface area contributed by atoms with E-state index in [1.807, 2.05) is 13.8 Å². The average Bonchev–Trinajstić information content (AvgIpc) is 3.62. The molecule has 2 aromatic heterocycles. The number of nitrogen functional groups attached to an aromatic ring is 1. The third-order valence-electron chi connectivity index (χ3n) is 7.73. The van der Waals surface area contributed by atoms with Crippen LogP contribution in [0.1, 0.15) is 60.1 Å². The number of aromatic nitrogens is 4. The first-order valence-corrected chi connectivity index (χ1v) is 17.2. The highest BCUT2D eigenvalue weighted by Crippen LogP contribution is 2.48. The molecule has 4 rings (SSSR count). The first-order chi connectivity index (χ1) is 22.3. The quantitative estimate of drug-likeness (QED) is 0.0934. The van der Waals surface area contributed by atoms with Crippen molar-refractivity contribution in [3.63, 3.8) is 0 Å². The van der Waals surface area contributed by atoms with Crippen molar-refractivity contribution in [1.82, 2.24) is 24.6 Å². The molecule has 0 saturated carbocycles. The van der Waals surface area contributed by atoms with E-state index in [-0.39, 0.29) is 47.0 Å². The average molecular weight is 691 g/mol. The lowest BCUT2D eigenvalue weighted by Crippen LogP contribution is -2.46. The second kappa shape index (κ2) is 15.4. The van der Waals surface area contributed by atoms with Gasteiger partial charge in [0.05, 0.1) is 18.9 Å². The number of halogens is 1. The number of rotatable bonds is 15. The number of carbonyl (C=O) groups excluding carboxylic acids is 2. The van der Waals surface area contributed by atoms with Crippen molar-refractivity contribution in [2.24, 2.45) is 11.8 Å². The zero-order valence-electron chi connectivity index (χ0n) is 26.9. The Morgan fingerprint density at radius 3 is 2.55 bits per heavy atom. The summed E-state index contributed by atoms with van der Waals surface area (Å²) < 4.78 is 45.2. The van der Waals surface area contributed by atoms with Gasteiger partial charge in [0, 0.05) is 6.42 Å². The van der Waals surface area contributed by atoms with Crippen LogP contribution in [-0.4, -0.2) is 62.4 Å². The van der Waals surface area contributed by atoms with Gasteiger partial charge < -0.3 is 24.5 Å². The zero-order chi connectivity index (χ0) is 34.4. The molecule has 3 aromatic rings. The number of nitrogens with two attached hydrogens (primary N) is 1. The molecule has 0 spiro atoms. The number of esters is 2. The molecule has 1 saturated heterocycles. The number of imidazole rings is 1. The fourth-order valence-corrected chi connectivity index (χ4v) is 6.47. The van der Waals surface area contributed by atoms with Crippen LogP contribution in [0.5, 0.6) is 5.75 Å². The number of hydrogen-bond donors (Lipinski definition) is 2. The van der Waals surface area contributed by atoms with Crippen LogP contribution in [-0.2, 0) is 32.9 Å². The highest BCUT2D eigenvalue weighted by molar-refractivity contribution is 7.52. The standard InChI is InChI=1S/C31H40ClN6O8P/c1-7-21(8-2)16-42-29(40)20(6)37-47(41,46-22-13-11-10-12-14-22)43-17-31(9-3)23(44-28(39)19(4)5)15-24(45-31)38-18-34-25-26(33)35-30(32)36-27(25)38/h3,10-14,18-21,23-24H,7-8,15-17H2,1-2,4-6H3,(H,37,41)(H2,33,35,36)/t20-,23-,24+,31+,47-/m0/s1. The number of fused-ring (bicyclic) bond motifs is 1. The van der Waals surface area contributed by atoms with Gasteiger partial charge in [-0.25, -0.2) is 9.55 Å². The molecule has 1 aromatic carbocycles. The molecule has 254 valence electrons. The number of nitrogens with zero attached hydrogens (tertiary/aromatic N) is 4. The maximum Gasteiger partial charge on any atom is 0.459 e. The number of para-hydroxylation sites is 1. The first kappa shape index (κ1) is 36.1. The van der Waals surface area contributed by atoms with Crippen LogP contribution in [0.3, 0.4) is 0 Å². The monoisotopic (exact) mass is 690 g/mol. The van der Waals surface area contributed by atoms with E-state index in [1.54, 1.807) is 44.2 Å². The second-order valence-corrected chi connectivity index (χ2v) is 13.5. The number of terminal acetylenes is 1. The minimum absolute atomic E-state index is 0.0367. The van der Waals surface area contributed by atoms with Gasteiger partial charge in [-0.15, -0.1) is 6.42 Å². The van der Waals surface area contributed by atoms with Gasteiger partial charge in [-0.1, -0.05) is 64.7 Å². The first-order valence-electron chi connectivity index (χ1n) is 15.3. The maximum atomic E-state index is 14.3. The fraction of sp³-hybridized carbons (Fsp3) is 0.516. The molecule has 3 heterocycles. The molecule has 5 atom stereocenters. The van der Waals surface area contributed by atoms with Crippen molar-refractivity contribution in [2.45, 2.75) is 77.9 Å². The molecule has 0 bridgehead atoms. The summed E-state index contributed by atoms with van der Waals surface area (Å²) in [6, 6.07) is 7.16. The van der Waals surface area contributed by atoms with Crippen LogP contribution < -0.4 is 15.3 Å². The molecule has 1 aliphatic rings. The van der Waals surface area contributed by atoms with Gasteiger partial charge in [0.1, 0.15) is 36.2 Å². The van der Waals surface area contributed by atoms with Crippen molar-refractivity contribution in [1.29, 1.82) is 0 Å². The Morgan fingerprint density at radius 1 is 1.21 bits per heavy atom. The second-order valence-electron chi connectivity index (χ2n) is 11.5. The molecule has 16 heteroatoms. The minimum atomic E-state index is -4.37. The number of anilines is 1. The van der Waals surface area contributed by atoms with Gasteiger partial charge in [0.15, 0.2) is 17.1 Å². The molecule has 3 N–H and O–H groups in total. The summed E-state index contributed by atoms with van der Waals surface area (Å²) in [6.07, 6.45) is 7.21. The van der Waals surface area contributed by atoms with Crippen LogP contribution in [0.4, 0.5) is 5.82 Å². The van der Waals surface area contributed by atoms with E-state index in [0.717, 1.165) is 12.8 Å². The van der Waals surface area contributed by atoms with Crippen molar-refractivity contribution < 1.29 is 37.4 Å². The van der Waals surface area contributed by atoms with Crippen LogP contribution >= 0.6 is 19.3 Å². The Morgan fingerprint density at radius 2 is 1.91 bits per heavy atom. The zero-order valence-corrected chi connectivity index (χ0v) is 28.6. The third kappa shape index (κ3) is 8.60. The van der Waals surface area contributed by atoms with Crippen LogP contribution in [0.2, 0.25) is 5.28 Å². The molecule has 0 amide bonds. The van der Waals surface area contributed by atoms with E-state index in [1.165, 1.54) is 17.8 Å². The summed E-state index contributed by atoms with van der Waals surface area (Å²) in [7, 11) is -4.37. The number of ether oxygens (including phenoxy) is 3. The molecular weight excluding hydrogens is 651 g/mol. The smallest absolute Gasteiger partial charge is 0.459 e. The fourth-order valence-electron chi connectivity index (χ4n) is 4.78. The Kier molecular flexibility index (Phi) is 11.9. The predicted molar refractivity (Wildman–Crippen MR) is 174 cm³/mol. The summed E-state index contributed by atoms with van der Waals surface area (Å²) in [5, 5.41) is 2.55. The molecule has 14 nitrogen and oxygen atoms in total. The highest BCUT2D eigenvalue weighted by Gasteiger charge is 2.53. The van der Waals surface area contributed by atoms with Crippen LogP contribution in [0.15, 0.2) is 36.7 Å². The Hall–Kier alpha value is -3.73. The molecule has 0 radical (unpaired) electrons. The number of nitrogens with one attached hydrogen (secondary N) is 1. The largest absolute Gasteiger partial charge is 0.464 e. The predicted octanol–water partition coefficient (Wildman–Crippen LogP) is 5.08. The van der Waals surface area contributed by atoms with Gasteiger partial charge in [0.2, 0.25) is 5.28 Å². The SMILES string of the molecule is C#C[C@]1(CO[P@@](=O)(N[C@@H](C)C(=O)OCC(CC)CC)Oc2ccccc2)O[C@@H](n2cnc3c(N)nc(Cl)nc32)C[C@@H]1OC(=O)C(C)C. The Labute approximate surface area is 278 Å². The summed E-state index contributed by atoms with van der Waals surface area (Å²) in [4.78, 5) is 38.1. The van der Waals surface area contributed by atoms with Crippen LogP contribution in [0.25, 0.3) is 11.2 Å². The lowest BCUT2D eigenvalue weighted by molar-refractivity contribution is -0.161. The van der Waals surface area contributed by atoms with E-state index >= 15 is 0 Å². The Bertz CT molecular complexity index is 1650. The Balaban J connectivity index is 1.63. The molecule has 1 fully saturated rings. The van der Waals surface area contributed by atoms with Crippen molar-refractivity contribution in [3.8, 4) is 18.1 Å². The third-order valence-corrected chi connectivity index (χ3v) is 9.52. The number of benzene rings is 1. The van der Waals surface area contributed by atoms with Gasteiger partial charge >= 0.3 is 19.7 Å². The summed E-state index contributed by atoms with van der Waals surface area (Å²) in [5.41, 5.74) is 4.75. The van der Waals surface area contributed by atoms with Gasteiger partial charge in [-0.05, 0) is 36.6 Å².